The predicted molar refractivity (Wildman–Crippen MR) is 242 cm³/mol. The molecule has 0 aliphatic rings. The van der Waals surface area contributed by atoms with Crippen LogP contribution >= 0.6 is 0 Å². The van der Waals surface area contributed by atoms with Gasteiger partial charge in [-0.15, -0.1) is 0 Å². The molecule has 0 aromatic carbocycles. The van der Waals surface area contributed by atoms with Gasteiger partial charge in [0.05, 0.1) is 6.61 Å². The maximum atomic E-state index is 12.6. The fraction of sp³-hybridized carbons (Fsp3) is 0.804. The Morgan fingerprint density at radius 2 is 0.804 bits per heavy atom. The van der Waals surface area contributed by atoms with Gasteiger partial charge in [-0.25, -0.2) is 0 Å². The van der Waals surface area contributed by atoms with Crippen LogP contribution in [0.2, 0.25) is 0 Å². The van der Waals surface area contributed by atoms with E-state index in [9.17, 15) is 9.59 Å². The lowest BCUT2D eigenvalue weighted by molar-refractivity contribution is -0.163. The minimum Gasteiger partial charge on any atom is -0.462 e. The Morgan fingerprint density at radius 3 is 1.32 bits per heavy atom. The largest absolute Gasteiger partial charge is 0.462 e. The summed E-state index contributed by atoms with van der Waals surface area (Å²) in [6.07, 6.45) is 57.1. The van der Waals surface area contributed by atoms with Crippen LogP contribution in [-0.4, -0.2) is 37.9 Å². The van der Waals surface area contributed by atoms with Crippen molar-refractivity contribution in [1.29, 1.82) is 0 Å². The number of carbonyl (C=O) groups is 2. The Bertz CT molecular complexity index is 935. The van der Waals surface area contributed by atoms with Crippen LogP contribution in [0.25, 0.3) is 0 Å². The van der Waals surface area contributed by atoms with Crippen LogP contribution in [0.15, 0.2) is 48.6 Å². The van der Waals surface area contributed by atoms with E-state index in [0.29, 0.717) is 19.4 Å². The zero-order chi connectivity index (χ0) is 40.7. The summed E-state index contributed by atoms with van der Waals surface area (Å²) in [5.74, 6) is -0.433. The van der Waals surface area contributed by atoms with E-state index < -0.39 is 6.10 Å². The van der Waals surface area contributed by atoms with Crippen molar-refractivity contribution in [3.63, 3.8) is 0 Å². The second-order valence-corrected chi connectivity index (χ2v) is 16.0. The average molecular weight is 785 g/mol. The summed E-state index contributed by atoms with van der Waals surface area (Å²) in [5, 5.41) is 0. The quantitative estimate of drug-likeness (QED) is 0.0350. The van der Waals surface area contributed by atoms with Crippen LogP contribution in [0.5, 0.6) is 0 Å². The van der Waals surface area contributed by atoms with Crippen molar-refractivity contribution in [1.82, 2.24) is 0 Å². The van der Waals surface area contributed by atoms with Crippen molar-refractivity contribution in [3.8, 4) is 0 Å². The minimum atomic E-state index is -0.543. The molecule has 0 saturated heterocycles. The van der Waals surface area contributed by atoms with Crippen LogP contribution in [0.1, 0.15) is 239 Å². The Hall–Kier alpha value is -2.14. The van der Waals surface area contributed by atoms with Gasteiger partial charge in [0.25, 0.3) is 0 Å². The average Bonchev–Trinajstić information content (AvgIpc) is 3.20. The van der Waals surface area contributed by atoms with Crippen LogP contribution in [0.3, 0.4) is 0 Å². The molecule has 1 atom stereocenters. The van der Waals surface area contributed by atoms with Crippen molar-refractivity contribution in [2.45, 2.75) is 245 Å². The number of carbonyl (C=O) groups excluding carboxylic acids is 2. The number of ether oxygens (including phenoxy) is 3. The Labute approximate surface area is 348 Å². The molecule has 0 aliphatic heterocycles. The highest BCUT2D eigenvalue weighted by Crippen LogP contribution is 2.14. The van der Waals surface area contributed by atoms with E-state index in [1.165, 1.54) is 135 Å². The van der Waals surface area contributed by atoms with Crippen LogP contribution < -0.4 is 0 Å². The molecule has 0 aromatic heterocycles. The predicted octanol–water partition coefficient (Wildman–Crippen LogP) is 16.0. The standard InChI is InChI=1S/C51H92O5/c1-4-7-10-13-16-18-20-22-23-24-25-26-27-28-30-32-34-37-40-43-46-54-47-49(56-51(53)45-42-39-35-15-12-9-6-3)48-55-50(52)44-41-38-36-33-31-29-21-19-17-14-11-8-5-2/h8,11,17,19,22-23,29,31,49H,4-7,9-10,12-16,18,20-21,24-28,30,32-48H2,1-3H3/b11-8-,19-17-,23-22-,31-29-. The maximum absolute atomic E-state index is 12.6. The van der Waals surface area contributed by atoms with Gasteiger partial charge in [-0.2, -0.15) is 0 Å². The lowest BCUT2D eigenvalue weighted by Gasteiger charge is -2.18. The van der Waals surface area contributed by atoms with Gasteiger partial charge in [-0.1, -0.05) is 198 Å². The maximum Gasteiger partial charge on any atom is 0.306 e. The number of rotatable bonds is 44. The van der Waals surface area contributed by atoms with Gasteiger partial charge in [0.1, 0.15) is 6.61 Å². The highest BCUT2D eigenvalue weighted by atomic mass is 16.6. The molecule has 1 unspecified atom stereocenters. The van der Waals surface area contributed by atoms with Crippen LogP contribution in [-0.2, 0) is 23.8 Å². The summed E-state index contributed by atoms with van der Waals surface area (Å²) >= 11 is 0. The van der Waals surface area contributed by atoms with Crippen LogP contribution in [0.4, 0.5) is 0 Å². The molecule has 0 saturated carbocycles. The first-order valence-electron chi connectivity index (χ1n) is 24.2. The van der Waals surface area contributed by atoms with E-state index in [2.05, 4.69) is 69.4 Å². The third kappa shape index (κ3) is 44.6. The first kappa shape index (κ1) is 53.9. The van der Waals surface area contributed by atoms with Crippen molar-refractivity contribution >= 4 is 11.9 Å². The highest BCUT2D eigenvalue weighted by Gasteiger charge is 2.17. The molecule has 0 spiro atoms. The molecule has 5 nitrogen and oxygen atoms in total. The van der Waals surface area contributed by atoms with Gasteiger partial charge in [0, 0.05) is 19.4 Å². The SMILES string of the molecule is CC/C=C\C/C=C\C/C=C\CCCCCC(=O)OCC(COCCCCCCCCCCCC/C=C\CCCCCCCC)OC(=O)CCCCCCCCC. The smallest absolute Gasteiger partial charge is 0.306 e. The second kappa shape index (κ2) is 47.2. The summed E-state index contributed by atoms with van der Waals surface area (Å²) in [4.78, 5) is 25.1. The lowest BCUT2D eigenvalue weighted by atomic mass is 10.1. The molecular formula is C51H92O5. The fourth-order valence-electron chi connectivity index (χ4n) is 6.75. The van der Waals surface area contributed by atoms with Gasteiger partial charge >= 0.3 is 11.9 Å². The molecule has 0 amide bonds. The normalized spacial score (nSPS) is 12.6. The third-order valence-corrected chi connectivity index (χ3v) is 10.3. The zero-order valence-corrected chi connectivity index (χ0v) is 37.4. The van der Waals surface area contributed by atoms with E-state index in [1.807, 2.05) is 0 Å². The number of allylic oxidation sites excluding steroid dienone is 8. The number of hydrogen-bond donors (Lipinski definition) is 0. The minimum absolute atomic E-state index is 0.0715. The van der Waals surface area contributed by atoms with E-state index in [-0.39, 0.29) is 25.2 Å². The van der Waals surface area contributed by atoms with Crippen molar-refractivity contribution in [2.24, 2.45) is 0 Å². The number of hydrogen-bond acceptors (Lipinski definition) is 5. The van der Waals surface area contributed by atoms with Gasteiger partial charge in [-0.05, 0) is 77.0 Å². The van der Waals surface area contributed by atoms with Crippen molar-refractivity contribution in [2.75, 3.05) is 19.8 Å². The third-order valence-electron chi connectivity index (χ3n) is 10.3. The highest BCUT2D eigenvalue weighted by molar-refractivity contribution is 5.70. The topological polar surface area (TPSA) is 61.8 Å². The molecule has 0 heterocycles. The number of unbranched alkanes of at least 4 members (excludes halogenated alkanes) is 25. The summed E-state index contributed by atoms with van der Waals surface area (Å²) in [6.45, 7) is 7.66. The summed E-state index contributed by atoms with van der Waals surface area (Å²) in [6, 6.07) is 0. The first-order chi connectivity index (χ1) is 27.6. The molecule has 0 rings (SSSR count). The van der Waals surface area contributed by atoms with E-state index in [4.69, 9.17) is 14.2 Å². The van der Waals surface area contributed by atoms with Gasteiger partial charge in [-0.3, -0.25) is 9.59 Å². The summed E-state index contributed by atoms with van der Waals surface area (Å²) < 4.78 is 17.3. The molecule has 0 N–H and O–H groups in total. The van der Waals surface area contributed by atoms with Gasteiger partial charge in [0.15, 0.2) is 6.10 Å². The summed E-state index contributed by atoms with van der Waals surface area (Å²) in [7, 11) is 0. The van der Waals surface area contributed by atoms with Crippen molar-refractivity contribution < 1.29 is 23.8 Å². The van der Waals surface area contributed by atoms with E-state index in [0.717, 1.165) is 70.6 Å². The number of esters is 2. The Balaban J connectivity index is 4.11. The Kier molecular flexibility index (Phi) is 45.4. The molecular weight excluding hydrogens is 693 g/mol. The first-order valence-corrected chi connectivity index (χ1v) is 24.2. The van der Waals surface area contributed by atoms with Crippen molar-refractivity contribution in [3.05, 3.63) is 48.6 Å². The molecule has 326 valence electrons. The molecule has 0 aliphatic carbocycles. The molecule has 56 heavy (non-hydrogen) atoms. The van der Waals surface area contributed by atoms with Gasteiger partial charge in [0.2, 0.25) is 0 Å². The Morgan fingerprint density at radius 1 is 0.411 bits per heavy atom. The fourth-order valence-corrected chi connectivity index (χ4v) is 6.75. The molecule has 0 radical (unpaired) electrons. The van der Waals surface area contributed by atoms with E-state index >= 15 is 0 Å². The molecule has 5 heteroatoms. The molecule has 0 fully saturated rings. The van der Waals surface area contributed by atoms with Crippen LogP contribution in [0, 0.1) is 0 Å². The van der Waals surface area contributed by atoms with E-state index in [1.54, 1.807) is 0 Å². The molecule has 0 aromatic rings. The molecule has 0 bridgehead atoms. The summed E-state index contributed by atoms with van der Waals surface area (Å²) in [5.41, 5.74) is 0. The zero-order valence-electron chi connectivity index (χ0n) is 37.4. The lowest BCUT2D eigenvalue weighted by Crippen LogP contribution is -2.30. The second-order valence-electron chi connectivity index (χ2n) is 16.0. The monoisotopic (exact) mass is 785 g/mol. The van der Waals surface area contributed by atoms with Gasteiger partial charge < -0.3 is 14.2 Å².